The molecule has 0 aromatic carbocycles. The first kappa shape index (κ1) is 20.2. The van der Waals surface area contributed by atoms with Crippen LogP contribution in [0.1, 0.15) is 48.0 Å². The van der Waals surface area contributed by atoms with Gasteiger partial charge in [0.05, 0.1) is 6.10 Å². The van der Waals surface area contributed by atoms with Crippen LogP contribution in [0.3, 0.4) is 0 Å². The molecule has 0 fully saturated rings. The SMILES string of the molecule is CC.CC(C)OC(=O)NCC(=O)O.CCC. The molecule has 0 unspecified atom stereocenters. The summed E-state index contributed by atoms with van der Waals surface area (Å²) in [6.45, 7) is 11.2. The number of rotatable bonds is 3. The maximum Gasteiger partial charge on any atom is 0.407 e. The molecule has 5 nitrogen and oxygen atoms in total. The fraction of sp³-hybridized carbons (Fsp3) is 0.818. The van der Waals surface area contributed by atoms with Crippen LogP contribution in [-0.2, 0) is 9.53 Å². The summed E-state index contributed by atoms with van der Waals surface area (Å²) in [5, 5.41) is 10.2. The van der Waals surface area contributed by atoms with Crippen LogP contribution >= 0.6 is 0 Å². The number of nitrogens with one attached hydrogen (secondary N) is 1. The lowest BCUT2D eigenvalue weighted by molar-refractivity contribution is -0.135. The topological polar surface area (TPSA) is 75.6 Å². The van der Waals surface area contributed by atoms with E-state index in [0.717, 1.165) is 0 Å². The van der Waals surface area contributed by atoms with E-state index >= 15 is 0 Å². The summed E-state index contributed by atoms with van der Waals surface area (Å²) in [4.78, 5) is 20.5. The van der Waals surface area contributed by atoms with Gasteiger partial charge in [0, 0.05) is 0 Å². The Morgan fingerprint density at radius 2 is 1.62 bits per heavy atom. The fourth-order valence-corrected chi connectivity index (χ4v) is 0.404. The Morgan fingerprint density at radius 3 is 1.88 bits per heavy atom. The largest absolute Gasteiger partial charge is 0.480 e. The van der Waals surface area contributed by atoms with Gasteiger partial charge in [-0.3, -0.25) is 4.79 Å². The lowest BCUT2D eigenvalue weighted by Crippen LogP contribution is -2.31. The van der Waals surface area contributed by atoms with Gasteiger partial charge in [0.25, 0.3) is 0 Å². The summed E-state index contributed by atoms with van der Waals surface area (Å²) in [6, 6.07) is 0. The number of carbonyl (C=O) groups is 2. The first-order valence-electron chi connectivity index (χ1n) is 5.60. The lowest BCUT2D eigenvalue weighted by atomic mass is 10.5. The van der Waals surface area contributed by atoms with Gasteiger partial charge < -0.3 is 15.2 Å². The molecule has 0 aliphatic carbocycles. The average Bonchev–Trinajstić information content (AvgIpc) is 2.18. The van der Waals surface area contributed by atoms with E-state index in [1.807, 2.05) is 13.8 Å². The number of hydrogen-bond acceptors (Lipinski definition) is 3. The molecule has 98 valence electrons. The first-order chi connectivity index (χ1) is 7.43. The molecule has 0 aliphatic heterocycles. The molecule has 16 heavy (non-hydrogen) atoms. The predicted octanol–water partition coefficient (Wildman–Crippen LogP) is 2.65. The highest BCUT2D eigenvalue weighted by molar-refractivity contribution is 5.76. The second-order valence-corrected chi connectivity index (χ2v) is 2.91. The molecule has 0 rings (SSSR count). The Kier molecular flexibility index (Phi) is 20.4. The van der Waals surface area contributed by atoms with Gasteiger partial charge in [-0.2, -0.15) is 0 Å². The minimum absolute atomic E-state index is 0.233. The number of alkyl carbamates (subject to hydrolysis) is 1. The Labute approximate surface area is 98.2 Å². The summed E-state index contributed by atoms with van der Waals surface area (Å²) < 4.78 is 4.59. The third-order valence-electron chi connectivity index (χ3n) is 0.727. The maximum atomic E-state index is 10.6. The van der Waals surface area contributed by atoms with E-state index in [-0.39, 0.29) is 6.10 Å². The van der Waals surface area contributed by atoms with Crippen LogP contribution in [0.25, 0.3) is 0 Å². The lowest BCUT2D eigenvalue weighted by Gasteiger charge is -2.07. The number of aliphatic carboxylic acids is 1. The molecule has 0 saturated heterocycles. The zero-order chi connectivity index (χ0) is 13.6. The zero-order valence-electron chi connectivity index (χ0n) is 11.2. The van der Waals surface area contributed by atoms with Crippen LogP contribution in [0.4, 0.5) is 4.79 Å². The molecule has 0 aromatic heterocycles. The quantitative estimate of drug-likeness (QED) is 0.788. The predicted molar refractivity (Wildman–Crippen MR) is 64.6 cm³/mol. The smallest absolute Gasteiger partial charge is 0.407 e. The molecule has 5 heteroatoms. The molecular weight excluding hydrogens is 210 g/mol. The van der Waals surface area contributed by atoms with Gasteiger partial charge in [-0.25, -0.2) is 4.79 Å². The maximum absolute atomic E-state index is 10.6. The van der Waals surface area contributed by atoms with Crippen LogP contribution < -0.4 is 5.32 Å². The van der Waals surface area contributed by atoms with Crippen molar-refractivity contribution in [1.82, 2.24) is 5.32 Å². The van der Waals surface area contributed by atoms with Gasteiger partial charge in [0.15, 0.2) is 0 Å². The summed E-state index contributed by atoms with van der Waals surface area (Å²) in [5.74, 6) is -1.09. The van der Waals surface area contributed by atoms with Crippen molar-refractivity contribution in [2.45, 2.75) is 54.1 Å². The van der Waals surface area contributed by atoms with Gasteiger partial charge in [-0.15, -0.1) is 0 Å². The van der Waals surface area contributed by atoms with Gasteiger partial charge in [-0.1, -0.05) is 34.1 Å². The van der Waals surface area contributed by atoms with Gasteiger partial charge in [-0.05, 0) is 13.8 Å². The Morgan fingerprint density at radius 1 is 1.25 bits per heavy atom. The first-order valence-corrected chi connectivity index (χ1v) is 5.60. The zero-order valence-corrected chi connectivity index (χ0v) is 11.2. The minimum atomic E-state index is -1.09. The van der Waals surface area contributed by atoms with Gasteiger partial charge in [0.1, 0.15) is 6.54 Å². The summed E-state index contributed by atoms with van der Waals surface area (Å²) in [5.41, 5.74) is 0. The molecule has 1 amide bonds. The summed E-state index contributed by atoms with van der Waals surface area (Å²) in [6.07, 6.45) is 0.311. The number of hydrogen-bond donors (Lipinski definition) is 2. The molecule has 0 aliphatic rings. The second kappa shape index (κ2) is 16.2. The number of carboxylic acids is 1. The van der Waals surface area contributed by atoms with Crippen molar-refractivity contribution in [2.75, 3.05) is 6.54 Å². The van der Waals surface area contributed by atoms with E-state index < -0.39 is 18.6 Å². The fourth-order valence-electron chi connectivity index (χ4n) is 0.404. The molecule has 0 heterocycles. The van der Waals surface area contributed by atoms with E-state index in [1.54, 1.807) is 13.8 Å². The summed E-state index contributed by atoms with van der Waals surface area (Å²) in [7, 11) is 0. The molecule has 2 N–H and O–H groups in total. The number of amides is 1. The van der Waals surface area contributed by atoms with Crippen molar-refractivity contribution in [3.63, 3.8) is 0 Å². The van der Waals surface area contributed by atoms with Crippen molar-refractivity contribution in [1.29, 1.82) is 0 Å². The Bertz CT molecular complexity index is 169. The third kappa shape index (κ3) is 29.3. The molecule has 0 saturated carbocycles. The highest BCUT2D eigenvalue weighted by Crippen LogP contribution is 1.86. The molecular formula is C11H25NO4. The normalized spacial score (nSPS) is 7.94. The highest BCUT2D eigenvalue weighted by Gasteiger charge is 2.05. The Hall–Kier alpha value is -1.26. The van der Waals surface area contributed by atoms with Crippen molar-refractivity contribution in [3.8, 4) is 0 Å². The number of carboxylic acid groups (broad SMARTS) is 1. The molecule has 0 bridgehead atoms. The van der Waals surface area contributed by atoms with Crippen LogP contribution in [0, 0.1) is 0 Å². The van der Waals surface area contributed by atoms with E-state index in [9.17, 15) is 9.59 Å². The number of ether oxygens (including phenoxy) is 1. The molecule has 0 radical (unpaired) electrons. The van der Waals surface area contributed by atoms with Crippen molar-refractivity contribution < 1.29 is 19.4 Å². The van der Waals surface area contributed by atoms with Crippen LogP contribution in [0.5, 0.6) is 0 Å². The van der Waals surface area contributed by atoms with E-state index in [0.29, 0.717) is 0 Å². The standard InChI is InChI=1S/C6H11NO4.C3H8.C2H6/c1-4(2)11-6(10)7-3-5(8)9;1-3-2;1-2/h4H,3H2,1-2H3,(H,7,10)(H,8,9);3H2,1-2H3;1-2H3. The van der Waals surface area contributed by atoms with Gasteiger partial charge >= 0.3 is 12.1 Å². The van der Waals surface area contributed by atoms with Crippen molar-refractivity contribution in [3.05, 3.63) is 0 Å². The summed E-state index contributed by atoms with van der Waals surface area (Å²) >= 11 is 0. The molecule has 0 aromatic rings. The number of carbonyl (C=O) groups excluding carboxylic acids is 1. The second-order valence-electron chi connectivity index (χ2n) is 2.91. The van der Waals surface area contributed by atoms with Crippen LogP contribution in [0.2, 0.25) is 0 Å². The van der Waals surface area contributed by atoms with Crippen molar-refractivity contribution in [2.24, 2.45) is 0 Å². The van der Waals surface area contributed by atoms with E-state index in [1.165, 1.54) is 6.42 Å². The van der Waals surface area contributed by atoms with Crippen LogP contribution in [0.15, 0.2) is 0 Å². The van der Waals surface area contributed by atoms with Crippen LogP contribution in [-0.4, -0.2) is 29.8 Å². The van der Waals surface area contributed by atoms with Gasteiger partial charge in [0.2, 0.25) is 0 Å². The van der Waals surface area contributed by atoms with E-state index in [2.05, 4.69) is 23.9 Å². The highest BCUT2D eigenvalue weighted by atomic mass is 16.6. The van der Waals surface area contributed by atoms with E-state index in [4.69, 9.17) is 5.11 Å². The average molecular weight is 235 g/mol. The monoisotopic (exact) mass is 235 g/mol. The third-order valence-corrected chi connectivity index (χ3v) is 0.727. The minimum Gasteiger partial charge on any atom is -0.480 e. The Balaban J connectivity index is -0.000000289. The molecule has 0 spiro atoms. The van der Waals surface area contributed by atoms with Crippen molar-refractivity contribution >= 4 is 12.1 Å². The molecule has 0 atom stereocenters.